The molecule has 0 radical (unpaired) electrons. The van der Waals surface area contributed by atoms with Crippen molar-refractivity contribution < 1.29 is 14.3 Å². The lowest BCUT2D eigenvalue weighted by atomic mass is 10.2. The Morgan fingerprint density at radius 2 is 1.96 bits per heavy atom. The van der Waals surface area contributed by atoms with E-state index in [9.17, 15) is 4.79 Å². The molecule has 2 aromatic rings. The van der Waals surface area contributed by atoms with E-state index >= 15 is 0 Å². The summed E-state index contributed by atoms with van der Waals surface area (Å²) in [4.78, 5) is 11.9. The summed E-state index contributed by atoms with van der Waals surface area (Å²) in [5.41, 5.74) is 3.25. The molecule has 0 fully saturated rings. The molecule has 120 valence electrons. The first-order valence-electron chi connectivity index (χ1n) is 6.97. The molecule has 0 aliphatic heterocycles. The maximum absolute atomic E-state index is 11.9. The van der Waals surface area contributed by atoms with Gasteiger partial charge < -0.3 is 9.47 Å². The van der Waals surface area contributed by atoms with Crippen LogP contribution in [0.2, 0.25) is 5.02 Å². The molecule has 0 bridgehead atoms. The number of nitrogens with zero attached hydrogens (tertiary/aromatic N) is 1. The van der Waals surface area contributed by atoms with E-state index in [0.29, 0.717) is 10.8 Å². The van der Waals surface area contributed by atoms with Crippen LogP contribution in [0.15, 0.2) is 53.6 Å². The summed E-state index contributed by atoms with van der Waals surface area (Å²) in [6.45, 7) is 1.64. The number of hydrazone groups is 1. The molecule has 23 heavy (non-hydrogen) atoms. The van der Waals surface area contributed by atoms with Gasteiger partial charge in [0.2, 0.25) is 0 Å². The third-order valence-corrected chi connectivity index (χ3v) is 3.20. The minimum absolute atomic E-state index is 0.357. The van der Waals surface area contributed by atoms with Gasteiger partial charge >= 0.3 is 0 Å². The molecule has 0 heterocycles. The van der Waals surface area contributed by atoms with Crippen molar-refractivity contribution in [2.24, 2.45) is 5.10 Å². The van der Waals surface area contributed by atoms with Crippen LogP contribution in [0.5, 0.6) is 11.5 Å². The van der Waals surface area contributed by atoms with Gasteiger partial charge in [0.25, 0.3) is 5.91 Å². The first-order valence-corrected chi connectivity index (χ1v) is 7.35. The number of hydrogen-bond acceptors (Lipinski definition) is 4. The van der Waals surface area contributed by atoms with Crippen molar-refractivity contribution in [3.05, 3.63) is 59.1 Å². The van der Waals surface area contributed by atoms with Gasteiger partial charge in [-0.15, -0.1) is 0 Å². The summed E-state index contributed by atoms with van der Waals surface area (Å²) >= 11 is 5.87. The topological polar surface area (TPSA) is 59.9 Å². The Labute approximate surface area is 139 Å². The zero-order valence-corrected chi connectivity index (χ0v) is 13.6. The van der Waals surface area contributed by atoms with E-state index in [4.69, 9.17) is 21.1 Å². The molecule has 2 rings (SSSR count). The molecule has 6 heteroatoms. The number of benzene rings is 2. The highest BCUT2D eigenvalue weighted by molar-refractivity contribution is 6.30. The third kappa shape index (κ3) is 5.30. The third-order valence-electron chi connectivity index (χ3n) is 2.96. The van der Waals surface area contributed by atoms with E-state index in [1.165, 1.54) is 6.21 Å². The molecular weight excluding hydrogens is 316 g/mol. The first-order chi connectivity index (χ1) is 11.1. The largest absolute Gasteiger partial charge is 0.497 e. The number of amides is 1. The average Bonchev–Trinajstić information content (AvgIpc) is 2.55. The van der Waals surface area contributed by atoms with Gasteiger partial charge in [-0.3, -0.25) is 4.79 Å². The van der Waals surface area contributed by atoms with E-state index in [1.807, 2.05) is 24.3 Å². The number of carbonyl (C=O) groups is 1. The first kappa shape index (κ1) is 16.8. The molecule has 0 saturated heterocycles. The summed E-state index contributed by atoms with van der Waals surface area (Å²) < 4.78 is 10.6. The smallest absolute Gasteiger partial charge is 0.280 e. The zero-order chi connectivity index (χ0) is 16.7. The number of hydrogen-bond donors (Lipinski definition) is 1. The molecule has 5 nitrogen and oxygen atoms in total. The Balaban J connectivity index is 1.89. The molecule has 1 atom stereocenters. The molecule has 1 N–H and O–H groups in total. The van der Waals surface area contributed by atoms with E-state index in [-0.39, 0.29) is 5.91 Å². The summed E-state index contributed by atoms with van der Waals surface area (Å²) in [6, 6.07) is 14.2. The number of halogens is 1. The summed E-state index contributed by atoms with van der Waals surface area (Å²) in [6.07, 6.45) is 0.836. The lowest BCUT2D eigenvalue weighted by molar-refractivity contribution is -0.127. The van der Waals surface area contributed by atoms with Gasteiger partial charge in [0.1, 0.15) is 11.5 Å². The number of methoxy groups -OCH3 is 1. The molecule has 1 amide bonds. The number of rotatable bonds is 6. The van der Waals surface area contributed by atoms with Crippen molar-refractivity contribution in [1.29, 1.82) is 0 Å². The van der Waals surface area contributed by atoms with Crippen molar-refractivity contribution in [2.45, 2.75) is 13.0 Å². The molecule has 0 spiro atoms. The molecule has 0 unspecified atom stereocenters. The van der Waals surface area contributed by atoms with E-state index in [0.717, 1.165) is 11.3 Å². The zero-order valence-electron chi connectivity index (χ0n) is 12.8. The maximum atomic E-state index is 11.9. The van der Waals surface area contributed by atoms with Gasteiger partial charge in [0.15, 0.2) is 6.10 Å². The quantitative estimate of drug-likeness (QED) is 0.652. The van der Waals surface area contributed by atoms with Gasteiger partial charge in [0.05, 0.1) is 13.3 Å². The molecular formula is C17H17ClN2O3. The van der Waals surface area contributed by atoms with Crippen LogP contribution in [-0.2, 0) is 4.79 Å². The van der Waals surface area contributed by atoms with E-state index < -0.39 is 6.10 Å². The summed E-state index contributed by atoms with van der Waals surface area (Å²) in [5.74, 6) is 0.888. The van der Waals surface area contributed by atoms with E-state index in [2.05, 4.69) is 10.5 Å². The van der Waals surface area contributed by atoms with Gasteiger partial charge in [-0.25, -0.2) is 5.43 Å². The second-order valence-corrected chi connectivity index (χ2v) is 5.16. The number of ether oxygens (including phenoxy) is 2. The SMILES string of the molecule is COc1cccc(/C=N\NC(=O)[C@H](C)Oc2cccc(Cl)c2)c1. The van der Waals surface area contributed by atoms with Crippen LogP contribution in [0.3, 0.4) is 0 Å². The fourth-order valence-corrected chi connectivity index (χ4v) is 1.96. The van der Waals surface area contributed by atoms with E-state index in [1.54, 1.807) is 38.3 Å². The molecule has 0 aliphatic rings. The Hall–Kier alpha value is -2.53. The number of nitrogens with one attached hydrogen (secondary N) is 1. The highest BCUT2D eigenvalue weighted by Crippen LogP contribution is 2.18. The van der Waals surface area contributed by atoms with Gasteiger partial charge in [-0.2, -0.15) is 5.10 Å². The highest BCUT2D eigenvalue weighted by Gasteiger charge is 2.13. The van der Waals surface area contributed by atoms with Crippen LogP contribution in [-0.4, -0.2) is 25.3 Å². The van der Waals surface area contributed by atoms with Crippen molar-refractivity contribution in [1.82, 2.24) is 5.43 Å². The maximum Gasteiger partial charge on any atom is 0.280 e. The summed E-state index contributed by atoms with van der Waals surface area (Å²) in [7, 11) is 1.59. The van der Waals surface area contributed by atoms with Crippen LogP contribution in [0.1, 0.15) is 12.5 Å². The van der Waals surface area contributed by atoms with Crippen LogP contribution < -0.4 is 14.9 Å². The van der Waals surface area contributed by atoms with Crippen LogP contribution in [0.4, 0.5) is 0 Å². The van der Waals surface area contributed by atoms with Crippen molar-refractivity contribution in [3.8, 4) is 11.5 Å². The molecule has 0 aromatic heterocycles. The fourth-order valence-electron chi connectivity index (χ4n) is 1.78. The minimum Gasteiger partial charge on any atom is -0.497 e. The Kier molecular flexibility index (Phi) is 6.00. The number of carbonyl (C=O) groups excluding carboxylic acids is 1. The summed E-state index contributed by atoms with van der Waals surface area (Å²) in [5, 5.41) is 4.46. The van der Waals surface area contributed by atoms with Crippen molar-refractivity contribution in [3.63, 3.8) is 0 Å². The minimum atomic E-state index is -0.698. The Bertz CT molecular complexity index is 704. The second-order valence-electron chi connectivity index (χ2n) is 4.73. The molecule has 2 aromatic carbocycles. The molecule has 0 saturated carbocycles. The van der Waals surface area contributed by atoms with Crippen LogP contribution in [0.25, 0.3) is 0 Å². The fraction of sp³-hybridized carbons (Fsp3) is 0.176. The monoisotopic (exact) mass is 332 g/mol. The van der Waals surface area contributed by atoms with Crippen LogP contribution in [0, 0.1) is 0 Å². The Morgan fingerprint density at radius 3 is 2.70 bits per heavy atom. The van der Waals surface area contributed by atoms with Gasteiger partial charge in [-0.1, -0.05) is 29.8 Å². The molecule has 0 aliphatic carbocycles. The lowest BCUT2D eigenvalue weighted by Gasteiger charge is -2.12. The van der Waals surface area contributed by atoms with Gasteiger partial charge in [0, 0.05) is 5.02 Å². The lowest BCUT2D eigenvalue weighted by Crippen LogP contribution is -2.33. The van der Waals surface area contributed by atoms with Crippen LogP contribution >= 0.6 is 11.6 Å². The normalized spacial score (nSPS) is 12.0. The predicted molar refractivity (Wildman–Crippen MR) is 90.3 cm³/mol. The second kappa shape index (κ2) is 8.19. The standard InChI is InChI=1S/C17H17ClN2O3/c1-12(23-16-8-4-6-14(18)10-16)17(21)20-19-11-13-5-3-7-15(9-13)22-2/h3-12H,1-2H3,(H,20,21)/b19-11-/t12-/m0/s1. The Morgan fingerprint density at radius 1 is 1.22 bits per heavy atom. The van der Waals surface area contributed by atoms with Gasteiger partial charge in [-0.05, 0) is 42.8 Å². The average molecular weight is 333 g/mol. The predicted octanol–water partition coefficient (Wildman–Crippen LogP) is 3.27. The van der Waals surface area contributed by atoms with Crippen molar-refractivity contribution >= 4 is 23.7 Å². The highest BCUT2D eigenvalue weighted by atomic mass is 35.5. The van der Waals surface area contributed by atoms with Crippen molar-refractivity contribution in [2.75, 3.05) is 7.11 Å².